The summed E-state index contributed by atoms with van der Waals surface area (Å²) in [5.41, 5.74) is 5.31. The smallest absolute Gasteiger partial charge is 0.223 e. The van der Waals surface area contributed by atoms with Crippen LogP contribution in [0.4, 0.5) is 0 Å². The lowest BCUT2D eigenvalue weighted by atomic mass is 9.76. The topological polar surface area (TPSA) is 43.1 Å². The quantitative estimate of drug-likeness (QED) is 0.701. The number of carbonyl (C=O) groups excluding carboxylic acids is 1. The molecule has 0 unspecified atom stereocenters. The van der Waals surface area contributed by atoms with Crippen molar-refractivity contribution in [3.63, 3.8) is 0 Å². The number of nitrogens with two attached hydrogens (primary N) is 1. The maximum atomic E-state index is 11.1. The molecule has 0 saturated carbocycles. The molecule has 2 N–H and O–H groups in total. The minimum Gasteiger partial charge on any atom is -0.369 e. The summed E-state index contributed by atoms with van der Waals surface area (Å²) in [6, 6.07) is 0. The van der Waals surface area contributed by atoms with Gasteiger partial charge in [-0.15, -0.1) is 0 Å². The van der Waals surface area contributed by atoms with Gasteiger partial charge in [-0.05, 0) is 24.7 Å². The number of carbonyl (C=O) groups is 1. The van der Waals surface area contributed by atoms with E-state index in [1.54, 1.807) is 0 Å². The highest BCUT2D eigenvalue weighted by Gasteiger charge is 2.28. The van der Waals surface area contributed by atoms with Crippen LogP contribution >= 0.6 is 0 Å². The van der Waals surface area contributed by atoms with Crippen molar-refractivity contribution < 1.29 is 4.79 Å². The van der Waals surface area contributed by atoms with Crippen LogP contribution in [0.15, 0.2) is 0 Å². The van der Waals surface area contributed by atoms with Crippen molar-refractivity contribution in [2.75, 3.05) is 0 Å². The van der Waals surface area contributed by atoms with E-state index in [4.69, 9.17) is 5.73 Å². The van der Waals surface area contributed by atoms with Crippen LogP contribution in [-0.4, -0.2) is 5.91 Å². The largest absolute Gasteiger partial charge is 0.369 e. The Morgan fingerprint density at radius 3 is 1.93 bits per heavy atom. The molecule has 0 aromatic carbocycles. The molecule has 0 aromatic heterocycles. The molecule has 2 nitrogen and oxygen atoms in total. The number of amides is 1. The molecule has 0 aromatic rings. The number of rotatable bonds is 6. The SMILES string of the molecule is CCCC(C)(C)CCC(C)(C)C(N)=O. The fraction of sp³-hybridized carbons (Fsp3) is 0.917. The van der Waals surface area contributed by atoms with E-state index in [9.17, 15) is 4.79 Å². The van der Waals surface area contributed by atoms with Crippen LogP contribution in [0.3, 0.4) is 0 Å². The lowest BCUT2D eigenvalue weighted by Crippen LogP contribution is -2.32. The van der Waals surface area contributed by atoms with Crippen LogP contribution in [0.5, 0.6) is 0 Å². The van der Waals surface area contributed by atoms with Gasteiger partial charge in [0.25, 0.3) is 0 Å². The van der Waals surface area contributed by atoms with Gasteiger partial charge in [-0.2, -0.15) is 0 Å². The van der Waals surface area contributed by atoms with Crippen LogP contribution in [0, 0.1) is 10.8 Å². The summed E-state index contributed by atoms with van der Waals surface area (Å²) in [6.45, 7) is 10.6. The summed E-state index contributed by atoms with van der Waals surface area (Å²) < 4.78 is 0. The molecule has 0 aliphatic carbocycles. The van der Waals surface area contributed by atoms with Crippen molar-refractivity contribution in [2.45, 2.75) is 60.3 Å². The zero-order valence-corrected chi connectivity index (χ0v) is 10.3. The fourth-order valence-electron chi connectivity index (χ4n) is 1.58. The molecule has 1 amide bonds. The molecular formula is C12H25NO. The van der Waals surface area contributed by atoms with E-state index in [1.807, 2.05) is 13.8 Å². The van der Waals surface area contributed by atoms with Gasteiger partial charge in [-0.25, -0.2) is 0 Å². The van der Waals surface area contributed by atoms with Gasteiger partial charge in [-0.3, -0.25) is 4.79 Å². The highest BCUT2D eigenvalue weighted by Crippen LogP contribution is 2.33. The molecular weight excluding hydrogens is 174 g/mol. The maximum Gasteiger partial charge on any atom is 0.223 e. The Morgan fingerprint density at radius 1 is 1.07 bits per heavy atom. The summed E-state index contributed by atoms with van der Waals surface area (Å²) in [5.74, 6) is -0.190. The number of hydrogen-bond acceptors (Lipinski definition) is 1. The van der Waals surface area contributed by atoms with Gasteiger partial charge in [0.05, 0.1) is 0 Å². The van der Waals surface area contributed by atoms with Crippen molar-refractivity contribution in [1.82, 2.24) is 0 Å². The standard InChI is InChI=1S/C12H25NO/c1-6-7-11(2,3)8-9-12(4,5)10(13)14/h6-9H2,1-5H3,(H2,13,14). The first-order chi connectivity index (χ1) is 6.21. The van der Waals surface area contributed by atoms with E-state index < -0.39 is 0 Å². The number of hydrogen-bond donors (Lipinski definition) is 1. The monoisotopic (exact) mass is 199 g/mol. The van der Waals surface area contributed by atoms with Gasteiger partial charge in [-0.1, -0.05) is 41.0 Å². The fourth-order valence-corrected chi connectivity index (χ4v) is 1.58. The number of primary amides is 1. The minimum absolute atomic E-state index is 0.190. The predicted octanol–water partition coefficient (Wildman–Crippen LogP) is 3.10. The third-order valence-corrected chi connectivity index (χ3v) is 3.02. The van der Waals surface area contributed by atoms with Gasteiger partial charge < -0.3 is 5.73 Å². The Labute approximate surface area is 88.3 Å². The Balaban J connectivity index is 4.10. The molecule has 0 spiro atoms. The third-order valence-electron chi connectivity index (χ3n) is 3.02. The molecule has 0 fully saturated rings. The van der Waals surface area contributed by atoms with Gasteiger partial charge in [0.15, 0.2) is 0 Å². The molecule has 0 atom stereocenters. The molecule has 0 saturated heterocycles. The summed E-state index contributed by atoms with van der Waals surface area (Å²) in [4.78, 5) is 11.1. The Hall–Kier alpha value is -0.530. The van der Waals surface area contributed by atoms with Gasteiger partial charge >= 0.3 is 0 Å². The average molecular weight is 199 g/mol. The Morgan fingerprint density at radius 2 is 1.57 bits per heavy atom. The first-order valence-electron chi connectivity index (χ1n) is 5.51. The third kappa shape index (κ3) is 4.64. The molecule has 14 heavy (non-hydrogen) atoms. The van der Waals surface area contributed by atoms with E-state index >= 15 is 0 Å². The molecule has 0 aliphatic heterocycles. The lowest BCUT2D eigenvalue weighted by Gasteiger charge is -2.29. The molecule has 2 heteroatoms. The van der Waals surface area contributed by atoms with Gasteiger partial charge in [0, 0.05) is 5.41 Å². The van der Waals surface area contributed by atoms with Crippen LogP contribution in [0.1, 0.15) is 60.3 Å². The van der Waals surface area contributed by atoms with Crippen LogP contribution in [-0.2, 0) is 4.79 Å². The van der Waals surface area contributed by atoms with E-state index in [0.717, 1.165) is 12.8 Å². The van der Waals surface area contributed by atoms with Crippen LogP contribution in [0.25, 0.3) is 0 Å². The Kier molecular flexibility index (Phi) is 4.63. The van der Waals surface area contributed by atoms with Gasteiger partial charge in [0.1, 0.15) is 0 Å². The average Bonchev–Trinajstić information content (AvgIpc) is 2.01. The lowest BCUT2D eigenvalue weighted by molar-refractivity contribution is -0.126. The molecule has 0 rings (SSSR count). The highest BCUT2D eigenvalue weighted by atomic mass is 16.1. The highest BCUT2D eigenvalue weighted by molar-refractivity contribution is 5.79. The van der Waals surface area contributed by atoms with Crippen LogP contribution < -0.4 is 5.73 Å². The van der Waals surface area contributed by atoms with Gasteiger partial charge in [0.2, 0.25) is 5.91 Å². The van der Waals surface area contributed by atoms with Crippen molar-refractivity contribution in [3.8, 4) is 0 Å². The maximum absolute atomic E-state index is 11.1. The van der Waals surface area contributed by atoms with Crippen molar-refractivity contribution in [1.29, 1.82) is 0 Å². The second kappa shape index (κ2) is 4.81. The predicted molar refractivity (Wildman–Crippen MR) is 60.9 cm³/mol. The van der Waals surface area contributed by atoms with Crippen molar-refractivity contribution in [3.05, 3.63) is 0 Å². The Bertz CT molecular complexity index is 194. The molecule has 0 radical (unpaired) electrons. The van der Waals surface area contributed by atoms with Crippen molar-refractivity contribution in [2.24, 2.45) is 16.6 Å². The zero-order chi connectivity index (χ0) is 11.4. The van der Waals surface area contributed by atoms with E-state index in [1.165, 1.54) is 12.8 Å². The van der Waals surface area contributed by atoms with Crippen molar-refractivity contribution >= 4 is 5.91 Å². The summed E-state index contributed by atoms with van der Waals surface area (Å²) >= 11 is 0. The van der Waals surface area contributed by atoms with E-state index in [-0.39, 0.29) is 11.3 Å². The zero-order valence-electron chi connectivity index (χ0n) is 10.3. The van der Waals surface area contributed by atoms with Crippen LogP contribution in [0.2, 0.25) is 0 Å². The summed E-state index contributed by atoms with van der Waals surface area (Å²) in [6.07, 6.45) is 4.36. The minimum atomic E-state index is -0.356. The second-order valence-corrected chi connectivity index (χ2v) is 5.66. The van der Waals surface area contributed by atoms with E-state index in [2.05, 4.69) is 20.8 Å². The summed E-state index contributed by atoms with van der Waals surface area (Å²) in [5, 5.41) is 0. The summed E-state index contributed by atoms with van der Waals surface area (Å²) in [7, 11) is 0. The molecule has 84 valence electrons. The second-order valence-electron chi connectivity index (χ2n) is 5.66. The molecule has 0 heterocycles. The molecule has 0 aliphatic rings. The first-order valence-corrected chi connectivity index (χ1v) is 5.51. The normalized spacial score (nSPS) is 12.9. The molecule has 0 bridgehead atoms. The first kappa shape index (κ1) is 13.5. The van der Waals surface area contributed by atoms with E-state index in [0.29, 0.717) is 5.41 Å².